The van der Waals surface area contributed by atoms with Gasteiger partial charge in [-0.15, -0.1) is 0 Å². The number of rotatable bonds is 6. The van der Waals surface area contributed by atoms with Crippen LogP contribution in [0.3, 0.4) is 0 Å². The van der Waals surface area contributed by atoms with Crippen molar-refractivity contribution < 1.29 is 14.1 Å². The van der Waals surface area contributed by atoms with Crippen LogP contribution in [0, 0.1) is 16.0 Å². The molecule has 1 saturated carbocycles. The van der Waals surface area contributed by atoms with E-state index in [0.717, 1.165) is 17.9 Å². The van der Waals surface area contributed by atoms with Crippen molar-refractivity contribution in [3.63, 3.8) is 0 Å². The molecule has 1 aliphatic carbocycles. The van der Waals surface area contributed by atoms with E-state index in [0.29, 0.717) is 23.9 Å². The molecule has 0 radical (unpaired) electrons. The lowest BCUT2D eigenvalue weighted by Gasteiger charge is -2.13. The largest absolute Gasteiger partial charge is 0.464 e. The highest BCUT2D eigenvalue weighted by molar-refractivity contribution is 5.92. The molecule has 6 nitrogen and oxygen atoms in total. The molecule has 25 heavy (non-hydrogen) atoms. The van der Waals surface area contributed by atoms with Gasteiger partial charge in [-0.25, -0.2) is 0 Å². The van der Waals surface area contributed by atoms with Crippen LogP contribution in [0.5, 0.6) is 0 Å². The Kier molecular flexibility index (Phi) is 4.70. The van der Waals surface area contributed by atoms with Gasteiger partial charge in [0.05, 0.1) is 17.0 Å². The van der Waals surface area contributed by atoms with Crippen molar-refractivity contribution in [2.24, 2.45) is 5.92 Å². The van der Waals surface area contributed by atoms with E-state index in [1.807, 2.05) is 12.1 Å². The number of benzene rings is 1. The molecule has 1 aromatic heterocycles. The Labute approximate surface area is 145 Å². The summed E-state index contributed by atoms with van der Waals surface area (Å²) >= 11 is 0. The fourth-order valence-electron chi connectivity index (χ4n) is 2.79. The van der Waals surface area contributed by atoms with Crippen LogP contribution in [0.2, 0.25) is 0 Å². The number of nitro groups is 1. The number of para-hydroxylation sites is 1. The SMILES string of the molecule is CC1CC1c1ccc(CN(C)C(=O)/C=C/c2ccccc2[N+](=O)[O-])o1. The Morgan fingerprint density at radius 2 is 2.08 bits per heavy atom. The summed E-state index contributed by atoms with van der Waals surface area (Å²) in [5, 5.41) is 11.0. The third-order valence-corrected chi connectivity index (χ3v) is 4.47. The highest BCUT2D eigenvalue weighted by Crippen LogP contribution is 2.47. The summed E-state index contributed by atoms with van der Waals surface area (Å²) in [5.41, 5.74) is 0.376. The van der Waals surface area contributed by atoms with Crippen molar-refractivity contribution in [2.75, 3.05) is 7.05 Å². The van der Waals surface area contributed by atoms with Gasteiger partial charge in [0.2, 0.25) is 5.91 Å². The summed E-state index contributed by atoms with van der Waals surface area (Å²) < 4.78 is 5.80. The first-order valence-corrected chi connectivity index (χ1v) is 8.21. The number of nitrogens with zero attached hydrogens (tertiary/aromatic N) is 2. The van der Waals surface area contributed by atoms with E-state index in [2.05, 4.69) is 6.92 Å². The Bertz CT molecular complexity index is 824. The van der Waals surface area contributed by atoms with Crippen LogP contribution in [-0.4, -0.2) is 22.8 Å². The van der Waals surface area contributed by atoms with E-state index in [1.165, 1.54) is 23.1 Å². The van der Waals surface area contributed by atoms with Gasteiger partial charge in [0, 0.05) is 25.1 Å². The van der Waals surface area contributed by atoms with Crippen LogP contribution in [0.1, 0.15) is 36.3 Å². The van der Waals surface area contributed by atoms with E-state index >= 15 is 0 Å². The highest BCUT2D eigenvalue weighted by atomic mass is 16.6. The lowest BCUT2D eigenvalue weighted by Crippen LogP contribution is -2.23. The third-order valence-electron chi connectivity index (χ3n) is 4.47. The summed E-state index contributed by atoms with van der Waals surface area (Å²) in [5.74, 6) is 2.66. The minimum absolute atomic E-state index is 0.0246. The molecule has 1 amide bonds. The van der Waals surface area contributed by atoms with Gasteiger partial charge in [-0.1, -0.05) is 19.1 Å². The predicted octanol–water partition coefficient (Wildman–Crippen LogP) is 3.98. The van der Waals surface area contributed by atoms with Crippen molar-refractivity contribution in [3.05, 3.63) is 69.7 Å². The molecule has 2 atom stereocenters. The maximum Gasteiger partial charge on any atom is 0.276 e. The molecule has 1 heterocycles. The van der Waals surface area contributed by atoms with E-state index in [1.54, 1.807) is 25.2 Å². The van der Waals surface area contributed by atoms with Crippen molar-refractivity contribution in [2.45, 2.75) is 25.8 Å². The monoisotopic (exact) mass is 340 g/mol. The fourth-order valence-corrected chi connectivity index (χ4v) is 2.79. The van der Waals surface area contributed by atoms with Gasteiger partial charge in [0.25, 0.3) is 5.69 Å². The number of hydrogen-bond donors (Lipinski definition) is 0. The Hall–Kier alpha value is -2.89. The highest BCUT2D eigenvalue weighted by Gasteiger charge is 2.36. The molecule has 1 aliphatic rings. The van der Waals surface area contributed by atoms with Crippen molar-refractivity contribution in [1.82, 2.24) is 4.90 Å². The van der Waals surface area contributed by atoms with Crippen LogP contribution in [0.4, 0.5) is 5.69 Å². The molecule has 2 unspecified atom stereocenters. The topological polar surface area (TPSA) is 76.6 Å². The molecule has 3 rings (SSSR count). The summed E-state index contributed by atoms with van der Waals surface area (Å²) in [6.07, 6.45) is 3.96. The van der Waals surface area contributed by atoms with Gasteiger partial charge in [0.1, 0.15) is 11.5 Å². The maximum absolute atomic E-state index is 12.2. The second-order valence-electron chi connectivity index (χ2n) is 6.47. The Morgan fingerprint density at radius 3 is 2.76 bits per heavy atom. The summed E-state index contributed by atoms with van der Waals surface area (Å²) in [7, 11) is 1.67. The zero-order valence-electron chi connectivity index (χ0n) is 14.2. The van der Waals surface area contributed by atoms with E-state index in [9.17, 15) is 14.9 Å². The molecule has 0 aliphatic heterocycles. The zero-order valence-corrected chi connectivity index (χ0v) is 14.2. The fraction of sp³-hybridized carbons (Fsp3) is 0.316. The van der Waals surface area contributed by atoms with Crippen LogP contribution in [-0.2, 0) is 11.3 Å². The summed E-state index contributed by atoms with van der Waals surface area (Å²) in [6, 6.07) is 10.2. The lowest BCUT2D eigenvalue weighted by molar-refractivity contribution is -0.385. The van der Waals surface area contributed by atoms with Crippen LogP contribution >= 0.6 is 0 Å². The number of carbonyl (C=O) groups is 1. The van der Waals surface area contributed by atoms with Gasteiger partial charge in [-0.05, 0) is 36.6 Å². The summed E-state index contributed by atoms with van der Waals surface area (Å²) in [4.78, 5) is 24.3. The average molecular weight is 340 g/mol. The summed E-state index contributed by atoms with van der Waals surface area (Å²) in [6.45, 7) is 2.55. The van der Waals surface area contributed by atoms with Gasteiger partial charge in [-0.2, -0.15) is 0 Å². The van der Waals surface area contributed by atoms with Gasteiger partial charge in [0.15, 0.2) is 0 Å². The zero-order chi connectivity index (χ0) is 18.0. The molecule has 0 N–H and O–H groups in total. The minimum Gasteiger partial charge on any atom is -0.464 e. The third kappa shape index (κ3) is 3.96. The molecule has 130 valence electrons. The smallest absolute Gasteiger partial charge is 0.276 e. The van der Waals surface area contributed by atoms with Gasteiger partial charge >= 0.3 is 0 Å². The number of furan rings is 1. The standard InChI is InChI=1S/C19H20N2O4/c1-13-11-16(13)18-9-8-15(25-18)12-20(2)19(22)10-7-14-5-3-4-6-17(14)21(23)24/h3-10,13,16H,11-12H2,1-2H3/b10-7+. The molecule has 1 aromatic carbocycles. The molecular formula is C19H20N2O4. The molecule has 6 heteroatoms. The number of likely N-dealkylation sites (N-methyl/N-ethyl adjacent to an activating group) is 1. The first-order chi connectivity index (χ1) is 12.0. The van der Waals surface area contributed by atoms with Crippen molar-refractivity contribution in [3.8, 4) is 0 Å². The second kappa shape index (κ2) is 6.93. The van der Waals surface area contributed by atoms with Crippen LogP contribution in [0.25, 0.3) is 6.08 Å². The molecule has 1 fully saturated rings. The molecular weight excluding hydrogens is 320 g/mol. The minimum atomic E-state index is -0.461. The number of nitro benzene ring substituents is 1. The molecule has 2 aromatic rings. The van der Waals surface area contributed by atoms with Gasteiger partial charge < -0.3 is 9.32 Å². The second-order valence-corrected chi connectivity index (χ2v) is 6.47. The van der Waals surface area contributed by atoms with Crippen molar-refractivity contribution in [1.29, 1.82) is 0 Å². The molecule has 0 saturated heterocycles. The predicted molar refractivity (Wildman–Crippen MR) is 93.8 cm³/mol. The van der Waals surface area contributed by atoms with Crippen LogP contribution in [0.15, 0.2) is 46.9 Å². The molecule has 0 bridgehead atoms. The van der Waals surface area contributed by atoms with Crippen LogP contribution < -0.4 is 0 Å². The number of hydrogen-bond acceptors (Lipinski definition) is 4. The first-order valence-electron chi connectivity index (χ1n) is 8.21. The normalized spacial score (nSPS) is 19.1. The average Bonchev–Trinajstić information content (AvgIpc) is 3.14. The molecule has 0 spiro atoms. The Balaban J connectivity index is 1.63. The number of amides is 1. The quantitative estimate of drug-likeness (QED) is 0.453. The first kappa shape index (κ1) is 17.0. The maximum atomic E-state index is 12.2. The van der Waals surface area contributed by atoms with E-state index < -0.39 is 4.92 Å². The Morgan fingerprint density at radius 1 is 1.36 bits per heavy atom. The van der Waals surface area contributed by atoms with Crippen molar-refractivity contribution >= 4 is 17.7 Å². The number of carbonyl (C=O) groups excluding carboxylic acids is 1. The van der Waals surface area contributed by atoms with E-state index in [-0.39, 0.29) is 11.6 Å². The van der Waals surface area contributed by atoms with E-state index in [4.69, 9.17) is 4.42 Å². The lowest BCUT2D eigenvalue weighted by atomic mass is 10.1. The van der Waals surface area contributed by atoms with Gasteiger partial charge in [-0.3, -0.25) is 14.9 Å².